The summed E-state index contributed by atoms with van der Waals surface area (Å²) >= 11 is 0. The first-order valence-corrected chi connectivity index (χ1v) is 6.90. The molecule has 0 amide bonds. The highest BCUT2D eigenvalue weighted by Crippen LogP contribution is 2.29. The molecule has 0 aromatic carbocycles. The van der Waals surface area contributed by atoms with Crippen LogP contribution >= 0.6 is 0 Å². The molecule has 1 rings (SSSR count). The molecule has 16 heavy (non-hydrogen) atoms. The first-order valence-electron chi connectivity index (χ1n) is 6.90. The molecule has 1 heterocycles. The van der Waals surface area contributed by atoms with Crippen molar-refractivity contribution in [3.63, 3.8) is 0 Å². The fourth-order valence-corrected chi connectivity index (χ4v) is 2.39. The molecule has 0 aliphatic carbocycles. The summed E-state index contributed by atoms with van der Waals surface area (Å²) < 4.78 is 0. The van der Waals surface area contributed by atoms with Crippen LogP contribution in [0.15, 0.2) is 0 Å². The van der Waals surface area contributed by atoms with Gasteiger partial charge in [-0.3, -0.25) is 0 Å². The van der Waals surface area contributed by atoms with Crippen LogP contribution in [0.2, 0.25) is 0 Å². The summed E-state index contributed by atoms with van der Waals surface area (Å²) in [5.74, 6) is 0.731. The van der Waals surface area contributed by atoms with Crippen molar-refractivity contribution in [1.29, 1.82) is 0 Å². The van der Waals surface area contributed by atoms with Gasteiger partial charge in [-0.15, -0.1) is 0 Å². The van der Waals surface area contributed by atoms with Gasteiger partial charge in [0, 0.05) is 12.6 Å². The molecule has 0 radical (unpaired) electrons. The summed E-state index contributed by atoms with van der Waals surface area (Å²) in [6.45, 7) is 16.5. The Morgan fingerprint density at radius 3 is 2.19 bits per heavy atom. The van der Waals surface area contributed by atoms with Crippen LogP contribution in [0.4, 0.5) is 0 Å². The van der Waals surface area contributed by atoms with Crippen molar-refractivity contribution in [1.82, 2.24) is 10.2 Å². The second kappa shape index (κ2) is 6.02. The molecule has 0 spiro atoms. The van der Waals surface area contributed by atoms with Gasteiger partial charge in [0.2, 0.25) is 0 Å². The highest BCUT2D eigenvalue weighted by atomic mass is 15.2. The van der Waals surface area contributed by atoms with Gasteiger partial charge in [-0.1, -0.05) is 34.6 Å². The lowest BCUT2D eigenvalue weighted by Gasteiger charge is -2.39. The quantitative estimate of drug-likeness (QED) is 0.775. The first kappa shape index (κ1) is 14.0. The largest absolute Gasteiger partial charge is 0.313 e. The van der Waals surface area contributed by atoms with Gasteiger partial charge in [-0.05, 0) is 43.8 Å². The van der Waals surface area contributed by atoms with Gasteiger partial charge in [-0.2, -0.15) is 0 Å². The third-order valence-electron chi connectivity index (χ3n) is 3.94. The minimum absolute atomic E-state index is 0.571. The van der Waals surface area contributed by atoms with E-state index in [1.807, 2.05) is 0 Å². The Morgan fingerprint density at radius 1 is 1.19 bits per heavy atom. The summed E-state index contributed by atoms with van der Waals surface area (Å²) in [7, 11) is 0. The zero-order chi connectivity index (χ0) is 12.2. The van der Waals surface area contributed by atoms with E-state index in [0.717, 1.165) is 12.5 Å². The van der Waals surface area contributed by atoms with Crippen molar-refractivity contribution in [2.75, 3.05) is 26.2 Å². The van der Waals surface area contributed by atoms with E-state index < -0.39 is 0 Å². The summed E-state index contributed by atoms with van der Waals surface area (Å²) in [5.41, 5.74) is 0.571. The van der Waals surface area contributed by atoms with E-state index in [2.05, 4.69) is 44.8 Å². The predicted octanol–water partition coefficient (Wildman–Crippen LogP) is 2.74. The Hall–Kier alpha value is -0.0800. The van der Waals surface area contributed by atoms with Gasteiger partial charge in [0.25, 0.3) is 0 Å². The van der Waals surface area contributed by atoms with Gasteiger partial charge in [0.15, 0.2) is 0 Å². The Balaban J connectivity index is 2.36. The summed E-state index contributed by atoms with van der Waals surface area (Å²) in [5, 5.41) is 3.61. The lowest BCUT2D eigenvalue weighted by molar-refractivity contribution is 0.116. The average Bonchev–Trinajstić information content (AvgIpc) is 2.20. The zero-order valence-electron chi connectivity index (χ0n) is 11.8. The molecule has 0 saturated carbocycles. The number of nitrogens with one attached hydrogen (secondary N) is 1. The Labute approximate surface area is 102 Å². The number of likely N-dealkylation sites (tertiary alicyclic amines) is 1. The van der Waals surface area contributed by atoms with Gasteiger partial charge >= 0.3 is 0 Å². The fraction of sp³-hybridized carbons (Fsp3) is 1.00. The van der Waals surface area contributed by atoms with Gasteiger partial charge < -0.3 is 10.2 Å². The number of nitrogens with zero attached hydrogens (tertiary/aromatic N) is 1. The van der Waals surface area contributed by atoms with Gasteiger partial charge in [0.1, 0.15) is 0 Å². The van der Waals surface area contributed by atoms with Crippen molar-refractivity contribution in [3.05, 3.63) is 0 Å². The third kappa shape index (κ3) is 4.42. The molecule has 1 aliphatic rings. The highest BCUT2D eigenvalue weighted by molar-refractivity contribution is 4.82. The van der Waals surface area contributed by atoms with Crippen molar-refractivity contribution < 1.29 is 0 Å². The van der Waals surface area contributed by atoms with Crippen molar-refractivity contribution in [3.8, 4) is 0 Å². The second-order valence-corrected chi connectivity index (χ2v) is 6.37. The maximum Gasteiger partial charge on any atom is 0.0217 e. The maximum absolute atomic E-state index is 3.61. The molecule has 0 aromatic rings. The molecule has 96 valence electrons. The molecular formula is C14H30N2. The van der Waals surface area contributed by atoms with Crippen LogP contribution in [0.3, 0.4) is 0 Å². The number of hydrogen-bond acceptors (Lipinski definition) is 2. The highest BCUT2D eigenvalue weighted by Gasteiger charge is 2.26. The van der Waals surface area contributed by atoms with Gasteiger partial charge in [0.05, 0.1) is 0 Å². The van der Waals surface area contributed by atoms with Crippen LogP contribution in [-0.2, 0) is 0 Å². The van der Waals surface area contributed by atoms with Crippen molar-refractivity contribution >= 4 is 0 Å². The van der Waals surface area contributed by atoms with Crippen molar-refractivity contribution in [2.24, 2.45) is 11.3 Å². The van der Waals surface area contributed by atoms with Crippen LogP contribution in [-0.4, -0.2) is 37.1 Å². The standard InChI is InChI=1S/C14H30N2/c1-6-15-13(12(2)3)11-16-9-7-14(4,5)8-10-16/h12-13,15H,6-11H2,1-5H3. The normalized spacial score (nSPS) is 23.6. The van der Waals surface area contributed by atoms with E-state index in [4.69, 9.17) is 0 Å². The molecule has 0 aromatic heterocycles. The molecule has 1 unspecified atom stereocenters. The Morgan fingerprint density at radius 2 is 1.75 bits per heavy atom. The summed E-state index contributed by atoms with van der Waals surface area (Å²) in [6.07, 6.45) is 2.70. The molecule has 0 bridgehead atoms. The number of hydrogen-bond donors (Lipinski definition) is 1. The lowest BCUT2D eigenvalue weighted by atomic mass is 9.82. The molecule has 2 nitrogen and oxygen atoms in total. The predicted molar refractivity (Wildman–Crippen MR) is 71.8 cm³/mol. The fourth-order valence-electron chi connectivity index (χ4n) is 2.39. The molecule has 1 atom stereocenters. The maximum atomic E-state index is 3.61. The molecule has 1 fully saturated rings. The topological polar surface area (TPSA) is 15.3 Å². The first-order chi connectivity index (χ1) is 7.44. The van der Waals surface area contributed by atoms with Crippen molar-refractivity contribution in [2.45, 2.75) is 53.5 Å². The summed E-state index contributed by atoms with van der Waals surface area (Å²) in [4.78, 5) is 2.64. The van der Waals surface area contributed by atoms with Crippen LogP contribution in [0.1, 0.15) is 47.5 Å². The minimum atomic E-state index is 0.571. The molecule has 1 N–H and O–H groups in total. The lowest BCUT2D eigenvalue weighted by Crippen LogP contribution is -2.47. The molecule has 2 heteroatoms. The third-order valence-corrected chi connectivity index (χ3v) is 3.94. The number of piperidine rings is 1. The van der Waals surface area contributed by atoms with E-state index in [1.54, 1.807) is 0 Å². The van der Waals surface area contributed by atoms with E-state index >= 15 is 0 Å². The molecule has 1 saturated heterocycles. The second-order valence-electron chi connectivity index (χ2n) is 6.37. The Kier molecular flexibility index (Phi) is 5.26. The van der Waals surface area contributed by atoms with Gasteiger partial charge in [-0.25, -0.2) is 0 Å². The molecular weight excluding hydrogens is 196 g/mol. The zero-order valence-corrected chi connectivity index (χ0v) is 11.8. The number of rotatable bonds is 5. The smallest absolute Gasteiger partial charge is 0.0217 e. The van der Waals surface area contributed by atoms with E-state index in [1.165, 1.54) is 32.5 Å². The van der Waals surface area contributed by atoms with E-state index in [0.29, 0.717) is 11.5 Å². The Bertz CT molecular complexity index is 189. The summed E-state index contributed by atoms with van der Waals surface area (Å²) in [6, 6.07) is 0.659. The minimum Gasteiger partial charge on any atom is -0.313 e. The average molecular weight is 226 g/mol. The monoisotopic (exact) mass is 226 g/mol. The van der Waals surface area contributed by atoms with Crippen LogP contribution in [0.25, 0.3) is 0 Å². The molecule has 1 aliphatic heterocycles. The van der Waals surface area contributed by atoms with E-state index in [9.17, 15) is 0 Å². The van der Waals surface area contributed by atoms with Crippen LogP contribution in [0, 0.1) is 11.3 Å². The van der Waals surface area contributed by atoms with Crippen LogP contribution in [0.5, 0.6) is 0 Å². The SMILES string of the molecule is CCNC(CN1CCC(C)(C)CC1)C(C)C. The van der Waals surface area contributed by atoms with Crippen LogP contribution < -0.4 is 5.32 Å². The number of likely N-dealkylation sites (N-methyl/N-ethyl adjacent to an activating group) is 1. The van der Waals surface area contributed by atoms with E-state index in [-0.39, 0.29) is 0 Å².